The zero-order chi connectivity index (χ0) is 18.4. The van der Waals surface area contributed by atoms with Gasteiger partial charge in [-0.15, -0.1) is 0 Å². The number of carbonyl (C=O) groups excluding carboxylic acids is 1. The second kappa shape index (κ2) is 6.43. The third-order valence-corrected chi connectivity index (χ3v) is 6.30. The highest BCUT2D eigenvalue weighted by Gasteiger charge is 2.56. The molecule has 0 spiro atoms. The summed E-state index contributed by atoms with van der Waals surface area (Å²) < 4.78 is 10.8. The maximum Gasteiger partial charge on any atom is 0.255 e. The van der Waals surface area contributed by atoms with Crippen LogP contribution in [-0.4, -0.2) is 35.9 Å². The molecule has 2 unspecified atom stereocenters. The lowest BCUT2D eigenvalue weighted by Gasteiger charge is -2.60. The summed E-state index contributed by atoms with van der Waals surface area (Å²) in [6.45, 7) is 0.556. The van der Waals surface area contributed by atoms with Crippen LogP contribution in [0.2, 0.25) is 0 Å². The van der Waals surface area contributed by atoms with E-state index < -0.39 is 11.5 Å². The molecule has 1 amide bonds. The van der Waals surface area contributed by atoms with Gasteiger partial charge in [-0.2, -0.15) is 0 Å². The van der Waals surface area contributed by atoms with Crippen molar-refractivity contribution in [3.8, 4) is 11.5 Å². The molecular formula is C20H28N2O4. The molecule has 4 fully saturated rings. The van der Waals surface area contributed by atoms with Gasteiger partial charge in [0.15, 0.2) is 18.1 Å². The number of nitrogens with two attached hydrogens (primary N) is 1. The summed E-state index contributed by atoms with van der Waals surface area (Å²) in [5.74, 6) is 1.91. The summed E-state index contributed by atoms with van der Waals surface area (Å²) in [6.07, 6.45) is 6.44. The van der Waals surface area contributed by atoms with Gasteiger partial charge in [0.2, 0.25) is 0 Å². The molecule has 0 heterocycles. The second-order valence-corrected chi connectivity index (χ2v) is 8.56. The van der Waals surface area contributed by atoms with Crippen LogP contribution < -0.4 is 20.5 Å². The van der Waals surface area contributed by atoms with E-state index in [-0.39, 0.29) is 12.1 Å². The Labute approximate surface area is 154 Å². The third-order valence-electron chi connectivity index (χ3n) is 6.30. The molecule has 6 heteroatoms. The predicted octanol–water partition coefficient (Wildman–Crippen LogP) is 1.73. The molecule has 142 valence electrons. The van der Waals surface area contributed by atoms with E-state index >= 15 is 0 Å². The number of ether oxygens (including phenoxy) is 2. The normalized spacial score (nSPS) is 34.7. The van der Waals surface area contributed by atoms with Gasteiger partial charge in [-0.1, -0.05) is 6.07 Å². The number of aliphatic hydroxyl groups is 1. The Kier molecular flexibility index (Phi) is 4.35. The monoisotopic (exact) mass is 360 g/mol. The second-order valence-electron chi connectivity index (χ2n) is 8.56. The van der Waals surface area contributed by atoms with Crippen molar-refractivity contribution in [2.24, 2.45) is 17.6 Å². The number of carbonyl (C=O) groups is 1. The molecule has 1 aromatic rings. The summed E-state index contributed by atoms with van der Waals surface area (Å²) in [5, 5.41) is 14.6. The Morgan fingerprint density at radius 3 is 2.62 bits per heavy atom. The molecule has 0 aliphatic heterocycles. The number of benzene rings is 1. The van der Waals surface area contributed by atoms with E-state index in [1.54, 1.807) is 7.11 Å². The fourth-order valence-corrected chi connectivity index (χ4v) is 5.80. The highest BCUT2D eigenvalue weighted by Crippen LogP contribution is 2.57. The van der Waals surface area contributed by atoms with Crippen LogP contribution in [0.1, 0.15) is 44.1 Å². The first kappa shape index (κ1) is 17.6. The van der Waals surface area contributed by atoms with Gasteiger partial charge in [0.25, 0.3) is 5.91 Å². The number of nitrogens with one attached hydrogen (secondary N) is 1. The SMILES string of the molecule is COc1cc(CNC23C[C@@H]4C[C@@H](CC(O)(C4)C2)C3)ccc1OCC(N)=O. The van der Waals surface area contributed by atoms with Crippen molar-refractivity contribution in [1.29, 1.82) is 0 Å². The first-order valence-corrected chi connectivity index (χ1v) is 9.44. The molecule has 0 saturated heterocycles. The van der Waals surface area contributed by atoms with E-state index in [1.165, 1.54) is 19.3 Å². The lowest BCUT2D eigenvalue weighted by molar-refractivity contribution is -0.142. The van der Waals surface area contributed by atoms with Crippen molar-refractivity contribution < 1.29 is 19.4 Å². The van der Waals surface area contributed by atoms with Crippen molar-refractivity contribution in [3.05, 3.63) is 23.8 Å². The van der Waals surface area contributed by atoms with Crippen LogP contribution in [0.3, 0.4) is 0 Å². The van der Waals surface area contributed by atoms with Crippen LogP contribution in [0.5, 0.6) is 11.5 Å². The Bertz CT molecular complexity index is 691. The molecule has 4 bridgehead atoms. The molecule has 4 aliphatic rings. The molecule has 4 N–H and O–H groups in total. The minimum atomic E-state index is -0.516. The van der Waals surface area contributed by atoms with E-state index in [0.717, 1.165) is 31.4 Å². The summed E-state index contributed by atoms with van der Waals surface area (Å²) in [4.78, 5) is 10.9. The molecule has 4 saturated carbocycles. The van der Waals surface area contributed by atoms with Crippen LogP contribution in [-0.2, 0) is 11.3 Å². The molecule has 26 heavy (non-hydrogen) atoms. The standard InChI is InChI=1S/C20H28N2O4/c1-25-17-5-13(2-3-16(17)26-11-18(21)23)10-22-19-6-14-4-15(7-19)9-20(24,8-14)12-19/h2-3,5,14-15,22,24H,4,6-12H2,1H3,(H2,21,23)/t14-,15+,19?,20?. The minimum absolute atomic E-state index is 0.0627. The van der Waals surface area contributed by atoms with Crippen molar-refractivity contribution in [1.82, 2.24) is 5.32 Å². The zero-order valence-corrected chi connectivity index (χ0v) is 15.3. The predicted molar refractivity (Wildman–Crippen MR) is 96.9 cm³/mol. The van der Waals surface area contributed by atoms with E-state index in [4.69, 9.17) is 15.2 Å². The quantitative estimate of drug-likeness (QED) is 0.688. The van der Waals surface area contributed by atoms with Crippen molar-refractivity contribution >= 4 is 5.91 Å². The van der Waals surface area contributed by atoms with Crippen molar-refractivity contribution in [2.75, 3.05) is 13.7 Å². The average Bonchev–Trinajstić information content (AvgIpc) is 2.56. The summed E-state index contributed by atoms with van der Waals surface area (Å²) in [6, 6.07) is 5.71. The van der Waals surface area contributed by atoms with E-state index in [2.05, 4.69) is 5.32 Å². The lowest BCUT2D eigenvalue weighted by Crippen LogP contribution is -2.64. The molecule has 4 aliphatic carbocycles. The topological polar surface area (TPSA) is 93.8 Å². The minimum Gasteiger partial charge on any atom is -0.493 e. The van der Waals surface area contributed by atoms with Crippen molar-refractivity contribution in [2.45, 2.75) is 56.2 Å². The molecule has 4 atom stereocenters. The van der Waals surface area contributed by atoms with Gasteiger partial charge in [0, 0.05) is 12.1 Å². The first-order chi connectivity index (χ1) is 12.4. The van der Waals surface area contributed by atoms with E-state index in [0.29, 0.717) is 23.3 Å². The van der Waals surface area contributed by atoms with Crippen molar-refractivity contribution in [3.63, 3.8) is 0 Å². The molecule has 1 aromatic carbocycles. The fraction of sp³-hybridized carbons (Fsp3) is 0.650. The lowest BCUT2D eigenvalue weighted by atomic mass is 9.51. The number of primary amides is 1. The summed E-state index contributed by atoms with van der Waals surface area (Å²) in [5.41, 5.74) is 5.83. The first-order valence-electron chi connectivity index (χ1n) is 9.44. The van der Waals surface area contributed by atoms with E-state index in [1.807, 2.05) is 18.2 Å². The fourth-order valence-electron chi connectivity index (χ4n) is 5.80. The summed E-state index contributed by atoms with van der Waals surface area (Å²) >= 11 is 0. The van der Waals surface area contributed by atoms with Gasteiger partial charge < -0.3 is 25.6 Å². The molecular weight excluding hydrogens is 332 g/mol. The average molecular weight is 360 g/mol. The molecule has 0 radical (unpaired) electrons. The van der Waals surface area contributed by atoms with Gasteiger partial charge >= 0.3 is 0 Å². The maximum atomic E-state index is 10.9. The van der Waals surface area contributed by atoms with Gasteiger partial charge in [0.05, 0.1) is 12.7 Å². The van der Waals surface area contributed by atoms with Gasteiger partial charge in [-0.25, -0.2) is 0 Å². The Hall–Kier alpha value is -1.79. The molecule has 5 rings (SSSR count). The van der Waals surface area contributed by atoms with Crippen LogP contribution in [0.4, 0.5) is 0 Å². The van der Waals surface area contributed by atoms with Gasteiger partial charge in [-0.05, 0) is 68.1 Å². The van der Waals surface area contributed by atoms with Crippen LogP contribution in [0, 0.1) is 11.8 Å². The summed E-state index contributed by atoms with van der Waals surface area (Å²) in [7, 11) is 1.58. The number of hydrogen-bond donors (Lipinski definition) is 3. The number of hydrogen-bond acceptors (Lipinski definition) is 5. The van der Waals surface area contributed by atoms with Crippen LogP contribution in [0.25, 0.3) is 0 Å². The highest BCUT2D eigenvalue weighted by atomic mass is 16.5. The smallest absolute Gasteiger partial charge is 0.255 e. The Balaban J connectivity index is 1.44. The van der Waals surface area contributed by atoms with Gasteiger partial charge in [0.1, 0.15) is 0 Å². The third kappa shape index (κ3) is 3.40. The highest BCUT2D eigenvalue weighted by molar-refractivity contribution is 5.75. The Morgan fingerprint density at radius 1 is 1.27 bits per heavy atom. The largest absolute Gasteiger partial charge is 0.493 e. The maximum absolute atomic E-state index is 10.9. The van der Waals surface area contributed by atoms with E-state index in [9.17, 15) is 9.90 Å². The number of methoxy groups -OCH3 is 1. The van der Waals surface area contributed by atoms with Gasteiger partial charge in [-0.3, -0.25) is 4.79 Å². The molecule has 6 nitrogen and oxygen atoms in total. The Morgan fingerprint density at radius 2 is 2.00 bits per heavy atom. The van der Waals surface area contributed by atoms with Crippen LogP contribution in [0.15, 0.2) is 18.2 Å². The number of rotatable bonds is 7. The van der Waals surface area contributed by atoms with Crippen LogP contribution >= 0.6 is 0 Å². The molecule has 0 aromatic heterocycles. The zero-order valence-electron chi connectivity index (χ0n) is 15.3. The number of amides is 1.